The standard InChI is InChI=1S/C25H21N3O4/c1-17-23(28-13-7-6-10-22(28)29)20-14-19(15-26)11-12-21(20)32-25(17,2)27-24(30)31-16-18-8-4-3-5-9-18/h3-14H,16H2,1-2H3,(H,27,30). The van der Waals surface area contributed by atoms with Gasteiger partial charge in [-0.25, -0.2) is 4.79 Å². The first kappa shape index (κ1) is 20.9. The number of hydrogen-bond acceptors (Lipinski definition) is 5. The molecule has 32 heavy (non-hydrogen) atoms. The first-order valence-electron chi connectivity index (χ1n) is 10.0. The SMILES string of the molecule is CC1=C(n2ccccc2=O)c2cc(C#N)ccc2OC1(C)NC(=O)OCc1ccccc1. The Morgan fingerprint density at radius 3 is 2.62 bits per heavy atom. The Kier molecular flexibility index (Phi) is 5.52. The Bertz CT molecular complexity index is 1300. The molecule has 1 aromatic heterocycles. The quantitative estimate of drug-likeness (QED) is 0.678. The van der Waals surface area contributed by atoms with Crippen LogP contribution < -0.4 is 15.6 Å². The number of nitrogens with zero attached hydrogens (tertiary/aromatic N) is 2. The molecule has 0 spiro atoms. The van der Waals surface area contributed by atoms with Crippen LogP contribution >= 0.6 is 0 Å². The van der Waals surface area contributed by atoms with Crippen molar-refractivity contribution < 1.29 is 14.3 Å². The maximum absolute atomic E-state index is 12.6. The topological polar surface area (TPSA) is 93.4 Å². The van der Waals surface area contributed by atoms with E-state index >= 15 is 0 Å². The van der Waals surface area contributed by atoms with Crippen molar-refractivity contribution in [3.63, 3.8) is 0 Å². The van der Waals surface area contributed by atoms with Gasteiger partial charge in [-0.15, -0.1) is 0 Å². The molecule has 2 aromatic carbocycles. The molecule has 7 nitrogen and oxygen atoms in total. The predicted octanol–water partition coefficient (Wildman–Crippen LogP) is 4.03. The number of carbonyl (C=O) groups excluding carboxylic acids is 1. The van der Waals surface area contributed by atoms with Crippen LogP contribution in [0, 0.1) is 11.3 Å². The summed E-state index contributed by atoms with van der Waals surface area (Å²) in [6, 6.07) is 21.2. The number of rotatable bonds is 4. The van der Waals surface area contributed by atoms with E-state index in [1.165, 1.54) is 10.6 Å². The van der Waals surface area contributed by atoms with Crippen LogP contribution in [0.2, 0.25) is 0 Å². The van der Waals surface area contributed by atoms with E-state index in [0.717, 1.165) is 5.56 Å². The zero-order valence-corrected chi connectivity index (χ0v) is 17.7. The van der Waals surface area contributed by atoms with Crippen LogP contribution in [0.3, 0.4) is 0 Å². The summed E-state index contributed by atoms with van der Waals surface area (Å²) >= 11 is 0. The maximum Gasteiger partial charge on any atom is 0.410 e. The number of benzene rings is 2. The third-order valence-corrected chi connectivity index (χ3v) is 5.37. The number of aromatic nitrogens is 1. The summed E-state index contributed by atoms with van der Waals surface area (Å²) in [6.07, 6.45) is 0.983. The van der Waals surface area contributed by atoms with Crippen molar-refractivity contribution in [1.82, 2.24) is 9.88 Å². The van der Waals surface area contributed by atoms with Gasteiger partial charge in [0, 0.05) is 23.4 Å². The van der Waals surface area contributed by atoms with E-state index in [2.05, 4.69) is 11.4 Å². The van der Waals surface area contributed by atoms with Gasteiger partial charge in [-0.2, -0.15) is 5.26 Å². The number of hydrogen-bond donors (Lipinski definition) is 1. The van der Waals surface area contributed by atoms with Crippen molar-refractivity contribution in [2.24, 2.45) is 0 Å². The minimum Gasteiger partial charge on any atom is -0.464 e. The van der Waals surface area contributed by atoms with Crippen molar-refractivity contribution in [2.75, 3.05) is 0 Å². The molecule has 1 aliphatic rings. The van der Waals surface area contributed by atoms with Crippen molar-refractivity contribution in [3.8, 4) is 11.8 Å². The summed E-state index contributed by atoms with van der Waals surface area (Å²) in [5.74, 6) is 0.436. The van der Waals surface area contributed by atoms with Gasteiger partial charge in [-0.05, 0) is 43.7 Å². The first-order valence-corrected chi connectivity index (χ1v) is 10.0. The molecular weight excluding hydrogens is 406 g/mol. The number of nitriles is 1. The highest BCUT2D eigenvalue weighted by atomic mass is 16.6. The second-order valence-corrected chi connectivity index (χ2v) is 7.53. The predicted molar refractivity (Wildman–Crippen MR) is 119 cm³/mol. The van der Waals surface area contributed by atoms with Gasteiger partial charge >= 0.3 is 6.09 Å². The monoisotopic (exact) mass is 427 g/mol. The van der Waals surface area contributed by atoms with Crippen molar-refractivity contribution in [3.05, 3.63) is 106 Å². The Hall–Kier alpha value is -4.31. The molecule has 1 atom stereocenters. The minimum atomic E-state index is -1.28. The second-order valence-electron chi connectivity index (χ2n) is 7.53. The highest BCUT2D eigenvalue weighted by molar-refractivity contribution is 5.79. The number of fused-ring (bicyclic) bond motifs is 1. The fourth-order valence-electron chi connectivity index (χ4n) is 3.59. The lowest BCUT2D eigenvalue weighted by Crippen LogP contribution is -2.53. The Balaban J connectivity index is 1.72. The largest absolute Gasteiger partial charge is 0.464 e. The molecule has 1 unspecified atom stereocenters. The van der Waals surface area contributed by atoms with Gasteiger partial charge in [0.05, 0.1) is 17.3 Å². The molecule has 0 radical (unpaired) electrons. The van der Waals surface area contributed by atoms with Crippen molar-refractivity contribution >= 4 is 11.8 Å². The average molecular weight is 427 g/mol. The van der Waals surface area contributed by atoms with Crippen LogP contribution in [0.5, 0.6) is 5.75 Å². The molecule has 7 heteroatoms. The minimum absolute atomic E-state index is 0.110. The lowest BCUT2D eigenvalue weighted by Gasteiger charge is -2.38. The fourth-order valence-corrected chi connectivity index (χ4v) is 3.59. The van der Waals surface area contributed by atoms with Crippen LogP contribution in [0.1, 0.15) is 30.5 Å². The number of amides is 1. The van der Waals surface area contributed by atoms with Crippen molar-refractivity contribution in [1.29, 1.82) is 5.26 Å². The van der Waals surface area contributed by atoms with Gasteiger partial charge < -0.3 is 9.47 Å². The van der Waals surface area contributed by atoms with E-state index in [0.29, 0.717) is 28.1 Å². The zero-order valence-electron chi connectivity index (χ0n) is 17.7. The van der Waals surface area contributed by atoms with Crippen LogP contribution in [-0.2, 0) is 11.3 Å². The summed E-state index contributed by atoms with van der Waals surface area (Å²) in [7, 11) is 0. The van der Waals surface area contributed by atoms with Crippen LogP contribution in [0.25, 0.3) is 5.70 Å². The Labute approximate surface area is 185 Å². The molecular formula is C25H21N3O4. The maximum atomic E-state index is 12.6. The lowest BCUT2D eigenvalue weighted by molar-refractivity contribution is 0.0648. The molecule has 3 aromatic rings. The first-order chi connectivity index (χ1) is 15.4. The molecule has 0 saturated heterocycles. The second kappa shape index (κ2) is 8.44. The molecule has 1 N–H and O–H groups in total. The van der Waals surface area contributed by atoms with Gasteiger partial charge in [0.15, 0.2) is 0 Å². The molecule has 0 fully saturated rings. The van der Waals surface area contributed by atoms with Crippen LogP contribution in [-0.4, -0.2) is 16.4 Å². The Morgan fingerprint density at radius 2 is 1.91 bits per heavy atom. The summed E-state index contributed by atoms with van der Waals surface area (Å²) in [5.41, 5.74) is 1.48. The third-order valence-electron chi connectivity index (χ3n) is 5.37. The smallest absolute Gasteiger partial charge is 0.410 e. The van der Waals surface area contributed by atoms with Gasteiger partial charge in [0.2, 0.25) is 5.72 Å². The van der Waals surface area contributed by atoms with Gasteiger partial charge in [0.1, 0.15) is 12.4 Å². The summed E-state index contributed by atoms with van der Waals surface area (Å²) in [5, 5.41) is 12.1. The molecule has 4 rings (SSSR count). The van der Waals surface area contributed by atoms with E-state index in [-0.39, 0.29) is 12.2 Å². The molecule has 0 aliphatic carbocycles. The van der Waals surface area contributed by atoms with E-state index in [4.69, 9.17) is 9.47 Å². The normalized spacial score (nSPS) is 17.0. The van der Waals surface area contributed by atoms with Crippen molar-refractivity contribution in [2.45, 2.75) is 26.2 Å². The van der Waals surface area contributed by atoms with E-state index in [9.17, 15) is 14.9 Å². The third kappa shape index (κ3) is 3.98. The number of ether oxygens (including phenoxy) is 2. The molecule has 160 valence electrons. The highest BCUT2D eigenvalue weighted by Crippen LogP contribution is 2.40. The lowest BCUT2D eigenvalue weighted by atomic mass is 9.94. The van der Waals surface area contributed by atoms with Crippen LogP contribution in [0.4, 0.5) is 4.79 Å². The molecule has 0 saturated carbocycles. The number of carbonyl (C=O) groups is 1. The molecule has 0 bridgehead atoms. The van der Waals surface area contributed by atoms with E-state index in [1.54, 1.807) is 50.4 Å². The van der Waals surface area contributed by atoms with Gasteiger partial charge in [0.25, 0.3) is 5.56 Å². The Morgan fingerprint density at radius 1 is 1.16 bits per heavy atom. The number of nitrogens with one attached hydrogen (secondary N) is 1. The fraction of sp³-hybridized carbons (Fsp3) is 0.160. The number of pyridine rings is 1. The average Bonchev–Trinajstić information content (AvgIpc) is 2.80. The summed E-state index contributed by atoms with van der Waals surface area (Å²) in [6.45, 7) is 3.58. The van der Waals surface area contributed by atoms with E-state index < -0.39 is 11.8 Å². The van der Waals surface area contributed by atoms with E-state index in [1.807, 2.05) is 30.3 Å². The molecule has 2 heterocycles. The van der Waals surface area contributed by atoms with Gasteiger partial charge in [-0.3, -0.25) is 14.7 Å². The zero-order chi connectivity index (χ0) is 22.7. The molecule has 1 aliphatic heterocycles. The summed E-state index contributed by atoms with van der Waals surface area (Å²) < 4.78 is 13.0. The summed E-state index contributed by atoms with van der Waals surface area (Å²) in [4.78, 5) is 25.2. The molecule has 1 amide bonds. The van der Waals surface area contributed by atoms with Crippen LogP contribution in [0.15, 0.2) is 83.3 Å². The number of alkyl carbamates (subject to hydrolysis) is 1. The van der Waals surface area contributed by atoms with Gasteiger partial charge in [-0.1, -0.05) is 36.4 Å². The highest BCUT2D eigenvalue weighted by Gasteiger charge is 2.39.